The van der Waals surface area contributed by atoms with Crippen LogP contribution in [0.25, 0.3) is 0 Å². The number of anilines is 1. The van der Waals surface area contributed by atoms with Crippen LogP contribution >= 0.6 is 22.9 Å². The molecular weight excluding hydrogens is 626 g/mol. The van der Waals surface area contributed by atoms with Gasteiger partial charge in [0.15, 0.2) is 0 Å². The van der Waals surface area contributed by atoms with Gasteiger partial charge in [-0.15, -0.1) is 11.3 Å². The van der Waals surface area contributed by atoms with Crippen molar-refractivity contribution in [1.82, 2.24) is 4.72 Å². The number of halogens is 7. The van der Waals surface area contributed by atoms with Gasteiger partial charge in [0.25, 0.3) is 0 Å². The molecule has 1 amide bonds. The fourth-order valence-electron chi connectivity index (χ4n) is 5.88. The minimum Gasteiger partial charge on any atom is -0.326 e. The zero-order chi connectivity index (χ0) is 30.4. The highest BCUT2D eigenvalue weighted by Crippen LogP contribution is 2.42. The predicted molar refractivity (Wildman–Crippen MR) is 147 cm³/mol. The Morgan fingerprint density at radius 2 is 1.60 bits per heavy atom. The fourth-order valence-corrected chi connectivity index (χ4v) is 8.76. The Morgan fingerprint density at radius 3 is 2.21 bits per heavy atom. The first-order valence-corrected chi connectivity index (χ1v) is 15.7. The molecule has 0 unspecified atom stereocenters. The van der Waals surface area contributed by atoms with E-state index in [0.29, 0.717) is 41.1 Å². The fraction of sp³-hybridized carbons (Fsp3) is 0.393. The number of aryl methyl sites for hydroxylation is 1. The SMILES string of the molecule is O=C(CCc1cc(C(F)(F)F)ccc1C(F)(F)F)Nc1ccc2c(c1)C[C@@H]1CC[C@H](C2)[C@H]1NS(=O)(=O)c1ccc(Cl)s1. The molecule has 3 atom stereocenters. The normalized spacial score (nSPS) is 20.7. The van der Waals surface area contributed by atoms with Crippen LogP contribution in [0.5, 0.6) is 0 Å². The molecule has 14 heteroatoms. The second-order valence-electron chi connectivity index (χ2n) is 10.6. The van der Waals surface area contributed by atoms with Crippen molar-refractivity contribution in [2.24, 2.45) is 11.8 Å². The third kappa shape index (κ3) is 6.79. The van der Waals surface area contributed by atoms with E-state index in [0.717, 1.165) is 35.3 Å². The van der Waals surface area contributed by atoms with Gasteiger partial charge in [-0.25, -0.2) is 13.1 Å². The lowest BCUT2D eigenvalue weighted by Gasteiger charge is -2.23. The topological polar surface area (TPSA) is 75.3 Å². The van der Waals surface area contributed by atoms with Gasteiger partial charge in [-0.2, -0.15) is 26.3 Å². The molecule has 2 aromatic carbocycles. The average Bonchev–Trinajstić information content (AvgIpc) is 3.44. The van der Waals surface area contributed by atoms with Gasteiger partial charge in [-0.05, 0) is 103 Å². The Bertz CT molecular complexity index is 1600. The van der Waals surface area contributed by atoms with Crippen molar-refractivity contribution in [1.29, 1.82) is 0 Å². The van der Waals surface area contributed by atoms with E-state index >= 15 is 0 Å². The summed E-state index contributed by atoms with van der Waals surface area (Å²) in [6.45, 7) is 0. The van der Waals surface area contributed by atoms with Crippen LogP contribution in [0.15, 0.2) is 52.7 Å². The van der Waals surface area contributed by atoms with Gasteiger partial charge in [-0.1, -0.05) is 17.7 Å². The van der Waals surface area contributed by atoms with E-state index in [1.54, 1.807) is 12.1 Å². The van der Waals surface area contributed by atoms with Crippen LogP contribution in [-0.2, 0) is 46.4 Å². The maximum Gasteiger partial charge on any atom is 0.416 e. The van der Waals surface area contributed by atoms with Gasteiger partial charge in [-0.3, -0.25) is 4.79 Å². The Hall–Kier alpha value is -2.61. The van der Waals surface area contributed by atoms with Crippen molar-refractivity contribution in [2.75, 3.05) is 5.32 Å². The van der Waals surface area contributed by atoms with Crippen LogP contribution in [0.4, 0.5) is 32.0 Å². The highest BCUT2D eigenvalue weighted by molar-refractivity contribution is 7.91. The number of carbonyl (C=O) groups excluding carboxylic acids is 1. The van der Waals surface area contributed by atoms with E-state index in [9.17, 15) is 39.6 Å². The molecule has 0 spiro atoms. The first-order valence-electron chi connectivity index (χ1n) is 13.1. The van der Waals surface area contributed by atoms with Crippen LogP contribution in [0, 0.1) is 11.8 Å². The average molecular weight is 651 g/mol. The Morgan fingerprint density at radius 1 is 0.905 bits per heavy atom. The molecule has 42 heavy (non-hydrogen) atoms. The van der Waals surface area contributed by atoms with Gasteiger partial charge in [0.1, 0.15) is 4.21 Å². The first kappa shape index (κ1) is 30.8. The van der Waals surface area contributed by atoms with Gasteiger partial charge in [0, 0.05) is 18.2 Å². The molecule has 0 radical (unpaired) electrons. The standard InChI is InChI=1S/C28H25ClF6N2O3S2/c29-23-8-10-25(41-23)42(39,40)37-26-17-1-2-18(26)12-19-14-21(6-3-15(19)11-17)36-24(38)9-4-16-13-20(27(30,31)32)5-7-22(16)28(33,34)35/h3,5-8,10,13-14,17-18,26,37H,1-2,4,9,11-12H2,(H,36,38)/t17-,18+,26-/m1/s1. The molecule has 1 saturated carbocycles. The molecule has 1 aromatic heterocycles. The zero-order valence-electron chi connectivity index (χ0n) is 21.8. The maximum atomic E-state index is 13.4. The van der Waals surface area contributed by atoms with Crippen LogP contribution in [-0.4, -0.2) is 20.4 Å². The summed E-state index contributed by atoms with van der Waals surface area (Å²) in [7, 11) is -3.75. The van der Waals surface area contributed by atoms with E-state index in [4.69, 9.17) is 11.6 Å². The summed E-state index contributed by atoms with van der Waals surface area (Å²) in [5.41, 5.74) is -0.685. The second-order valence-corrected chi connectivity index (χ2v) is 14.3. The number of hydrogen-bond donors (Lipinski definition) is 2. The maximum absolute atomic E-state index is 13.4. The summed E-state index contributed by atoms with van der Waals surface area (Å²) in [5, 5.41) is 2.64. The number of thiophene rings is 1. The van der Waals surface area contributed by atoms with Crippen LogP contribution in [0.2, 0.25) is 4.34 Å². The van der Waals surface area contributed by atoms with Gasteiger partial charge < -0.3 is 5.32 Å². The number of carbonyl (C=O) groups is 1. The molecule has 0 aliphatic heterocycles. The summed E-state index contributed by atoms with van der Waals surface area (Å²) in [6, 6.07) is 9.18. The zero-order valence-corrected chi connectivity index (χ0v) is 24.2. The van der Waals surface area contributed by atoms with Gasteiger partial charge in [0.2, 0.25) is 15.9 Å². The summed E-state index contributed by atoms with van der Waals surface area (Å²) in [6.07, 6.45) is -7.80. The molecule has 2 N–H and O–H groups in total. The largest absolute Gasteiger partial charge is 0.416 e. The summed E-state index contributed by atoms with van der Waals surface area (Å²) < 4.78 is 109. The van der Waals surface area contributed by atoms with E-state index in [2.05, 4.69) is 10.0 Å². The lowest BCUT2D eigenvalue weighted by Crippen LogP contribution is -2.41. The summed E-state index contributed by atoms with van der Waals surface area (Å²) in [5.74, 6) is -0.540. The monoisotopic (exact) mass is 650 g/mol. The smallest absolute Gasteiger partial charge is 0.326 e. The molecule has 5 rings (SSSR count). The Kier molecular flexibility index (Phi) is 8.42. The summed E-state index contributed by atoms with van der Waals surface area (Å²) >= 11 is 6.91. The molecule has 226 valence electrons. The molecule has 5 nitrogen and oxygen atoms in total. The van der Waals surface area contributed by atoms with Gasteiger partial charge in [0.05, 0.1) is 15.5 Å². The molecule has 3 aromatic rings. The Balaban J connectivity index is 1.27. The van der Waals surface area contributed by atoms with E-state index < -0.39 is 57.8 Å². The number of benzene rings is 2. The highest BCUT2D eigenvalue weighted by Gasteiger charge is 2.41. The molecule has 2 aliphatic carbocycles. The van der Waals surface area contributed by atoms with Crippen molar-refractivity contribution in [3.63, 3.8) is 0 Å². The summed E-state index contributed by atoms with van der Waals surface area (Å²) in [4.78, 5) is 12.6. The van der Waals surface area contributed by atoms with E-state index in [-0.39, 0.29) is 22.1 Å². The van der Waals surface area contributed by atoms with Crippen molar-refractivity contribution >= 4 is 44.6 Å². The number of sulfonamides is 1. The number of alkyl halides is 6. The molecule has 2 aliphatic rings. The van der Waals surface area contributed by atoms with Crippen LogP contribution < -0.4 is 10.0 Å². The van der Waals surface area contributed by atoms with Crippen molar-refractivity contribution in [3.05, 3.63) is 80.7 Å². The van der Waals surface area contributed by atoms with Crippen LogP contribution in [0.1, 0.15) is 47.1 Å². The number of rotatable bonds is 7. The number of fused-ring (bicyclic) bond motifs is 3. The van der Waals surface area contributed by atoms with Crippen LogP contribution in [0.3, 0.4) is 0 Å². The minimum absolute atomic E-state index is 0.0223. The van der Waals surface area contributed by atoms with E-state index in [1.807, 2.05) is 6.07 Å². The third-order valence-corrected chi connectivity index (χ3v) is 11.0. The Labute approximate surface area is 247 Å². The predicted octanol–water partition coefficient (Wildman–Crippen LogP) is 7.48. The number of amides is 1. The van der Waals surface area contributed by atoms with Crippen molar-refractivity contribution in [3.8, 4) is 0 Å². The number of hydrogen-bond acceptors (Lipinski definition) is 4. The van der Waals surface area contributed by atoms with E-state index in [1.165, 1.54) is 12.1 Å². The molecule has 2 bridgehead atoms. The quantitative estimate of drug-likeness (QED) is 0.260. The van der Waals surface area contributed by atoms with Gasteiger partial charge >= 0.3 is 12.4 Å². The molecule has 0 saturated heterocycles. The lowest BCUT2D eigenvalue weighted by atomic mass is 9.93. The van der Waals surface area contributed by atoms with Crippen molar-refractivity contribution in [2.45, 2.75) is 61.1 Å². The lowest BCUT2D eigenvalue weighted by molar-refractivity contribution is -0.141. The minimum atomic E-state index is -4.87. The van der Waals surface area contributed by atoms with Crippen molar-refractivity contribution < 1.29 is 39.6 Å². The first-order chi connectivity index (χ1) is 19.6. The number of nitrogens with one attached hydrogen (secondary N) is 2. The molecule has 1 fully saturated rings. The molecular formula is C28H25ClF6N2O3S2. The third-order valence-electron chi connectivity index (χ3n) is 7.84. The highest BCUT2D eigenvalue weighted by atomic mass is 35.5. The second kappa shape index (κ2) is 11.5. The molecule has 1 heterocycles.